The fraction of sp³-hybridized carbons (Fsp3) is 0.450. The molecule has 1 aliphatic heterocycles. The number of hydrogen-bond donors (Lipinski definition) is 1. The Morgan fingerprint density at radius 2 is 1.93 bits per heavy atom. The van der Waals surface area contributed by atoms with Crippen LogP contribution in [-0.2, 0) is 14.8 Å². The maximum atomic E-state index is 12.6. The van der Waals surface area contributed by atoms with Crippen LogP contribution in [0.15, 0.2) is 46.0 Å². The molecule has 3 rings (SSSR count). The average molecular weight is 423 g/mol. The lowest BCUT2D eigenvalue weighted by Crippen LogP contribution is -2.45. The maximum Gasteiger partial charge on any atom is 0.252 e. The van der Waals surface area contributed by atoms with Crippen molar-refractivity contribution in [3.8, 4) is 5.75 Å². The van der Waals surface area contributed by atoms with Gasteiger partial charge in [-0.25, -0.2) is 8.42 Å². The Hall–Kier alpha value is -1.90. The van der Waals surface area contributed by atoms with E-state index in [0.717, 1.165) is 5.75 Å². The van der Waals surface area contributed by atoms with Crippen molar-refractivity contribution >= 4 is 27.3 Å². The van der Waals surface area contributed by atoms with E-state index in [0.29, 0.717) is 36.7 Å². The number of ether oxygens (including phenoxy) is 1. The fourth-order valence-electron chi connectivity index (χ4n) is 3.15. The van der Waals surface area contributed by atoms with Gasteiger partial charge in [0.05, 0.1) is 6.04 Å². The van der Waals surface area contributed by atoms with Crippen molar-refractivity contribution in [2.24, 2.45) is 5.92 Å². The lowest BCUT2D eigenvalue weighted by atomic mass is 9.97. The van der Waals surface area contributed by atoms with E-state index in [1.165, 1.54) is 21.2 Å². The molecule has 1 aromatic carbocycles. The summed E-state index contributed by atoms with van der Waals surface area (Å²) >= 11 is 1.22. The number of piperidine rings is 1. The molecule has 2 heterocycles. The monoisotopic (exact) mass is 422 g/mol. The van der Waals surface area contributed by atoms with Crippen LogP contribution in [0, 0.1) is 12.8 Å². The van der Waals surface area contributed by atoms with E-state index in [4.69, 9.17) is 4.74 Å². The van der Waals surface area contributed by atoms with E-state index < -0.39 is 10.0 Å². The Morgan fingerprint density at radius 1 is 1.25 bits per heavy atom. The van der Waals surface area contributed by atoms with Crippen LogP contribution in [0.1, 0.15) is 25.3 Å². The molecule has 1 N–H and O–H groups in total. The van der Waals surface area contributed by atoms with Crippen molar-refractivity contribution < 1.29 is 17.9 Å². The molecule has 1 saturated heterocycles. The summed E-state index contributed by atoms with van der Waals surface area (Å²) in [5, 5.41) is 4.74. The Balaban J connectivity index is 1.45. The molecule has 152 valence electrons. The molecule has 1 amide bonds. The third-order valence-corrected chi connectivity index (χ3v) is 8.10. The number of thiophene rings is 1. The molecule has 0 bridgehead atoms. The van der Waals surface area contributed by atoms with Gasteiger partial charge in [-0.1, -0.05) is 23.8 Å². The van der Waals surface area contributed by atoms with Crippen LogP contribution < -0.4 is 10.1 Å². The van der Waals surface area contributed by atoms with Crippen LogP contribution in [0.3, 0.4) is 0 Å². The smallest absolute Gasteiger partial charge is 0.252 e. The summed E-state index contributed by atoms with van der Waals surface area (Å²) in [5.74, 6) is 0.573. The van der Waals surface area contributed by atoms with Crippen molar-refractivity contribution in [2.75, 3.05) is 19.7 Å². The lowest BCUT2D eigenvalue weighted by Gasteiger charge is -2.30. The predicted octanol–water partition coefficient (Wildman–Crippen LogP) is 3.04. The summed E-state index contributed by atoms with van der Waals surface area (Å²) < 4.78 is 32.7. The van der Waals surface area contributed by atoms with E-state index in [9.17, 15) is 13.2 Å². The SMILES string of the molecule is Cc1ccc(OC[C@@H](C)NC(=O)C2CCN(S(=O)(=O)c3cccs3)CC2)cc1. The van der Waals surface area contributed by atoms with Gasteiger partial charge in [-0.3, -0.25) is 4.79 Å². The van der Waals surface area contributed by atoms with Gasteiger partial charge in [-0.15, -0.1) is 11.3 Å². The number of nitrogens with zero attached hydrogens (tertiary/aromatic N) is 1. The van der Waals surface area contributed by atoms with Gasteiger partial charge in [0.2, 0.25) is 5.91 Å². The van der Waals surface area contributed by atoms with Crippen LogP contribution in [0.5, 0.6) is 5.75 Å². The molecule has 2 aromatic rings. The minimum atomic E-state index is -3.43. The zero-order valence-electron chi connectivity index (χ0n) is 16.1. The highest BCUT2D eigenvalue weighted by molar-refractivity contribution is 7.91. The van der Waals surface area contributed by atoms with E-state index in [2.05, 4.69) is 5.32 Å². The van der Waals surface area contributed by atoms with Crippen molar-refractivity contribution in [1.82, 2.24) is 9.62 Å². The normalized spacial score (nSPS) is 17.2. The number of hydrogen-bond acceptors (Lipinski definition) is 5. The van der Waals surface area contributed by atoms with Crippen LogP contribution in [0.2, 0.25) is 0 Å². The molecule has 28 heavy (non-hydrogen) atoms. The number of carbonyl (C=O) groups excluding carboxylic acids is 1. The molecule has 8 heteroatoms. The number of rotatable bonds is 7. The van der Waals surface area contributed by atoms with E-state index in [-0.39, 0.29) is 17.9 Å². The minimum absolute atomic E-state index is 0.0341. The summed E-state index contributed by atoms with van der Waals surface area (Å²) in [6, 6.07) is 11.0. The number of carbonyl (C=O) groups is 1. The first-order valence-electron chi connectivity index (χ1n) is 9.40. The molecule has 1 fully saturated rings. The summed E-state index contributed by atoms with van der Waals surface area (Å²) in [6.07, 6.45) is 1.06. The molecule has 0 saturated carbocycles. The Labute approximate surface area is 170 Å². The van der Waals surface area contributed by atoms with Gasteiger partial charge in [-0.05, 0) is 50.3 Å². The molecule has 6 nitrogen and oxygen atoms in total. The van der Waals surface area contributed by atoms with Crippen molar-refractivity contribution in [3.63, 3.8) is 0 Å². The van der Waals surface area contributed by atoms with E-state index in [1.54, 1.807) is 17.5 Å². The highest BCUT2D eigenvalue weighted by atomic mass is 32.2. The van der Waals surface area contributed by atoms with Gasteiger partial charge in [0.1, 0.15) is 16.6 Å². The molecular formula is C20H26N2O4S2. The Kier molecular flexibility index (Phi) is 6.74. The highest BCUT2D eigenvalue weighted by Crippen LogP contribution is 2.26. The molecule has 0 radical (unpaired) electrons. The average Bonchev–Trinajstić information content (AvgIpc) is 3.23. The van der Waals surface area contributed by atoms with Crippen LogP contribution in [-0.4, -0.2) is 44.4 Å². The zero-order chi connectivity index (χ0) is 20.1. The van der Waals surface area contributed by atoms with E-state index >= 15 is 0 Å². The number of benzene rings is 1. The summed E-state index contributed by atoms with van der Waals surface area (Å²) in [4.78, 5) is 12.5. The quantitative estimate of drug-likeness (QED) is 0.744. The molecule has 1 atom stereocenters. The van der Waals surface area contributed by atoms with Gasteiger partial charge in [0.15, 0.2) is 0 Å². The Morgan fingerprint density at radius 3 is 2.54 bits per heavy atom. The second-order valence-corrected chi connectivity index (χ2v) is 10.3. The largest absolute Gasteiger partial charge is 0.491 e. The van der Waals surface area contributed by atoms with Crippen molar-refractivity contribution in [1.29, 1.82) is 0 Å². The predicted molar refractivity (Wildman–Crippen MR) is 110 cm³/mol. The second-order valence-electron chi connectivity index (χ2n) is 7.14. The van der Waals surface area contributed by atoms with Crippen molar-refractivity contribution in [3.05, 3.63) is 47.3 Å². The molecule has 0 spiro atoms. The first-order valence-corrected chi connectivity index (χ1v) is 11.7. The summed E-state index contributed by atoms with van der Waals surface area (Å²) in [6.45, 7) is 5.05. The number of aryl methyl sites for hydroxylation is 1. The van der Waals surface area contributed by atoms with Gasteiger partial charge >= 0.3 is 0 Å². The maximum absolute atomic E-state index is 12.6. The number of sulfonamides is 1. The van der Waals surface area contributed by atoms with Gasteiger partial charge < -0.3 is 10.1 Å². The topological polar surface area (TPSA) is 75.7 Å². The first kappa shape index (κ1) is 20.8. The van der Waals surface area contributed by atoms with Gasteiger partial charge in [0.25, 0.3) is 10.0 Å². The van der Waals surface area contributed by atoms with Crippen LogP contribution in [0.25, 0.3) is 0 Å². The van der Waals surface area contributed by atoms with Crippen LogP contribution >= 0.6 is 11.3 Å². The van der Waals surface area contributed by atoms with Gasteiger partial charge in [-0.2, -0.15) is 4.31 Å². The molecule has 0 aliphatic carbocycles. The Bertz CT molecular complexity index is 871. The third kappa shape index (κ3) is 5.12. The lowest BCUT2D eigenvalue weighted by molar-refractivity contribution is -0.126. The zero-order valence-corrected chi connectivity index (χ0v) is 17.8. The number of amides is 1. The molecule has 0 unspecified atom stereocenters. The first-order chi connectivity index (χ1) is 13.4. The summed E-state index contributed by atoms with van der Waals surface area (Å²) in [7, 11) is -3.43. The highest BCUT2D eigenvalue weighted by Gasteiger charge is 2.32. The summed E-state index contributed by atoms with van der Waals surface area (Å²) in [5.41, 5.74) is 1.17. The third-order valence-electron chi connectivity index (χ3n) is 4.82. The second kappa shape index (κ2) is 9.07. The standard InChI is InChI=1S/C20H26N2O4S2/c1-15-5-7-18(8-6-15)26-14-16(2)21-20(23)17-9-11-22(12-10-17)28(24,25)19-4-3-13-27-19/h3-8,13,16-17H,9-12,14H2,1-2H3,(H,21,23)/t16-/m1/s1. The minimum Gasteiger partial charge on any atom is -0.491 e. The molecular weight excluding hydrogens is 396 g/mol. The van der Waals surface area contributed by atoms with Crippen molar-refractivity contribution in [2.45, 2.75) is 36.9 Å². The molecule has 1 aliphatic rings. The number of nitrogens with one attached hydrogen (secondary N) is 1. The van der Waals surface area contributed by atoms with Gasteiger partial charge in [0, 0.05) is 19.0 Å². The van der Waals surface area contributed by atoms with E-state index in [1.807, 2.05) is 38.1 Å². The fourth-order valence-corrected chi connectivity index (χ4v) is 5.77. The van der Waals surface area contributed by atoms with Crippen LogP contribution in [0.4, 0.5) is 0 Å². The molecule has 1 aromatic heterocycles.